The highest BCUT2D eigenvalue weighted by Crippen LogP contribution is 2.28. The third-order valence-corrected chi connectivity index (χ3v) is 4.60. The van der Waals surface area contributed by atoms with Crippen LogP contribution in [0.1, 0.15) is 16.1 Å². The summed E-state index contributed by atoms with van der Waals surface area (Å²) in [6.45, 7) is 0. The molecule has 4 nitrogen and oxygen atoms in total. The Morgan fingerprint density at radius 1 is 1.24 bits per heavy atom. The molecule has 0 aliphatic carbocycles. The molecule has 0 aliphatic rings. The van der Waals surface area contributed by atoms with Gasteiger partial charge in [-0.3, -0.25) is 4.79 Å². The fourth-order valence-electron chi connectivity index (χ4n) is 1.75. The Bertz CT molecular complexity index is 816. The van der Waals surface area contributed by atoms with E-state index in [9.17, 15) is 4.79 Å². The van der Waals surface area contributed by atoms with Gasteiger partial charge in [-0.15, -0.1) is 22.7 Å². The van der Waals surface area contributed by atoms with Crippen LogP contribution in [0.2, 0.25) is 0 Å². The van der Waals surface area contributed by atoms with Crippen LogP contribution in [0.5, 0.6) is 0 Å². The van der Waals surface area contributed by atoms with E-state index in [0.29, 0.717) is 16.9 Å². The summed E-state index contributed by atoms with van der Waals surface area (Å²) in [6.07, 6.45) is 0. The third kappa shape index (κ3) is 2.99. The molecule has 102 valence electrons. The molecule has 1 N–H and O–H groups in total. The summed E-state index contributed by atoms with van der Waals surface area (Å²) >= 11 is 3.03. The molecule has 2 aromatic heterocycles. The molecule has 1 amide bonds. The van der Waals surface area contributed by atoms with Crippen LogP contribution in [0, 0.1) is 11.3 Å². The SMILES string of the molecule is N#Cc1cccc(NC(=O)c2csc(-c3cccs3)n2)c1. The number of nitriles is 1. The van der Waals surface area contributed by atoms with Gasteiger partial charge in [0.15, 0.2) is 0 Å². The van der Waals surface area contributed by atoms with Gasteiger partial charge in [0, 0.05) is 11.1 Å². The maximum atomic E-state index is 12.2. The molecular weight excluding hydrogens is 302 g/mol. The van der Waals surface area contributed by atoms with E-state index in [1.165, 1.54) is 11.3 Å². The summed E-state index contributed by atoms with van der Waals surface area (Å²) in [5.41, 5.74) is 1.47. The van der Waals surface area contributed by atoms with E-state index in [2.05, 4.69) is 10.3 Å². The van der Waals surface area contributed by atoms with Crippen molar-refractivity contribution < 1.29 is 4.79 Å². The fraction of sp³-hybridized carbons (Fsp3) is 0. The van der Waals surface area contributed by atoms with E-state index < -0.39 is 0 Å². The minimum Gasteiger partial charge on any atom is -0.321 e. The van der Waals surface area contributed by atoms with E-state index in [4.69, 9.17) is 5.26 Å². The lowest BCUT2D eigenvalue weighted by molar-refractivity contribution is 0.102. The number of nitrogens with zero attached hydrogens (tertiary/aromatic N) is 2. The highest BCUT2D eigenvalue weighted by atomic mass is 32.1. The zero-order chi connectivity index (χ0) is 14.7. The minimum absolute atomic E-state index is 0.274. The standard InChI is InChI=1S/C15H9N3OS2/c16-8-10-3-1-4-11(7-10)17-14(19)12-9-21-15(18-12)13-5-2-6-20-13/h1-7,9H,(H,17,19). The van der Waals surface area contributed by atoms with Gasteiger partial charge in [0.05, 0.1) is 16.5 Å². The van der Waals surface area contributed by atoms with E-state index in [1.807, 2.05) is 23.6 Å². The molecule has 0 atom stereocenters. The number of amides is 1. The van der Waals surface area contributed by atoms with Gasteiger partial charge in [-0.2, -0.15) is 5.26 Å². The lowest BCUT2D eigenvalue weighted by Crippen LogP contribution is -2.12. The monoisotopic (exact) mass is 311 g/mol. The van der Waals surface area contributed by atoms with Crippen LogP contribution in [-0.2, 0) is 0 Å². The first-order valence-electron chi connectivity index (χ1n) is 6.07. The quantitative estimate of drug-likeness (QED) is 0.795. The van der Waals surface area contributed by atoms with Gasteiger partial charge in [-0.1, -0.05) is 12.1 Å². The van der Waals surface area contributed by atoms with Crippen LogP contribution in [0.15, 0.2) is 47.2 Å². The van der Waals surface area contributed by atoms with Crippen molar-refractivity contribution in [2.45, 2.75) is 0 Å². The Morgan fingerprint density at radius 3 is 2.90 bits per heavy atom. The summed E-state index contributed by atoms with van der Waals surface area (Å²) in [6, 6.07) is 12.8. The van der Waals surface area contributed by atoms with Gasteiger partial charge in [0.2, 0.25) is 0 Å². The van der Waals surface area contributed by atoms with Crippen LogP contribution in [0.4, 0.5) is 5.69 Å². The predicted molar refractivity (Wildman–Crippen MR) is 84.5 cm³/mol. The first kappa shape index (κ1) is 13.5. The van der Waals surface area contributed by atoms with Crippen LogP contribution >= 0.6 is 22.7 Å². The molecule has 0 spiro atoms. The number of hydrogen-bond donors (Lipinski definition) is 1. The molecule has 1 aromatic carbocycles. The van der Waals surface area contributed by atoms with Crippen molar-refractivity contribution in [2.75, 3.05) is 5.32 Å². The average Bonchev–Trinajstić information content (AvgIpc) is 3.18. The normalized spacial score (nSPS) is 10.0. The van der Waals surface area contributed by atoms with Crippen LogP contribution in [0.3, 0.4) is 0 Å². The number of nitrogens with one attached hydrogen (secondary N) is 1. The van der Waals surface area contributed by atoms with E-state index in [0.717, 1.165) is 9.88 Å². The van der Waals surface area contributed by atoms with E-state index in [1.54, 1.807) is 41.0 Å². The maximum Gasteiger partial charge on any atom is 0.275 e. The van der Waals surface area contributed by atoms with Gasteiger partial charge in [0.25, 0.3) is 5.91 Å². The Labute approximate surface area is 129 Å². The van der Waals surface area contributed by atoms with Crippen molar-refractivity contribution in [2.24, 2.45) is 0 Å². The highest BCUT2D eigenvalue weighted by molar-refractivity contribution is 7.20. The molecule has 0 aliphatic heterocycles. The zero-order valence-electron chi connectivity index (χ0n) is 10.7. The van der Waals surface area contributed by atoms with Gasteiger partial charge in [-0.25, -0.2) is 4.98 Å². The predicted octanol–water partition coefficient (Wildman–Crippen LogP) is 4.00. The van der Waals surface area contributed by atoms with Crippen molar-refractivity contribution in [1.82, 2.24) is 4.98 Å². The lowest BCUT2D eigenvalue weighted by atomic mass is 10.2. The second kappa shape index (κ2) is 5.87. The maximum absolute atomic E-state index is 12.2. The number of thiazole rings is 1. The first-order chi connectivity index (χ1) is 10.3. The largest absolute Gasteiger partial charge is 0.321 e. The smallest absolute Gasteiger partial charge is 0.275 e. The fourth-order valence-corrected chi connectivity index (χ4v) is 3.37. The number of carbonyl (C=O) groups excluding carboxylic acids is 1. The van der Waals surface area contributed by atoms with Crippen molar-refractivity contribution >= 4 is 34.3 Å². The Hall–Kier alpha value is -2.49. The minimum atomic E-state index is -0.274. The van der Waals surface area contributed by atoms with Gasteiger partial charge in [0.1, 0.15) is 10.7 Å². The second-order valence-corrected chi connectivity index (χ2v) is 5.97. The first-order valence-corrected chi connectivity index (χ1v) is 7.83. The van der Waals surface area contributed by atoms with Crippen molar-refractivity contribution in [3.8, 4) is 16.0 Å². The molecular formula is C15H9N3OS2. The Balaban J connectivity index is 1.78. The number of aromatic nitrogens is 1. The van der Waals surface area contributed by atoms with Crippen LogP contribution in [0.25, 0.3) is 9.88 Å². The highest BCUT2D eigenvalue weighted by Gasteiger charge is 2.12. The average molecular weight is 311 g/mol. The molecule has 6 heteroatoms. The van der Waals surface area contributed by atoms with Crippen molar-refractivity contribution in [1.29, 1.82) is 5.26 Å². The number of anilines is 1. The molecule has 0 saturated heterocycles. The number of benzene rings is 1. The second-order valence-electron chi connectivity index (χ2n) is 4.16. The number of carbonyl (C=O) groups is 1. The number of hydrogen-bond acceptors (Lipinski definition) is 5. The summed E-state index contributed by atoms with van der Waals surface area (Å²) in [7, 11) is 0. The van der Waals surface area contributed by atoms with Crippen molar-refractivity contribution in [3.63, 3.8) is 0 Å². The Kier molecular flexibility index (Phi) is 3.77. The molecule has 21 heavy (non-hydrogen) atoms. The molecule has 0 saturated carbocycles. The zero-order valence-corrected chi connectivity index (χ0v) is 12.4. The summed E-state index contributed by atoms with van der Waals surface area (Å²) in [5.74, 6) is -0.274. The lowest BCUT2D eigenvalue weighted by Gasteiger charge is -2.02. The molecule has 0 unspecified atom stereocenters. The van der Waals surface area contributed by atoms with Crippen LogP contribution in [-0.4, -0.2) is 10.9 Å². The van der Waals surface area contributed by atoms with Gasteiger partial charge >= 0.3 is 0 Å². The Morgan fingerprint density at radius 2 is 2.14 bits per heavy atom. The molecule has 3 rings (SSSR count). The van der Waals surface area contributed by atoms with Gasteiger partial charge < -0.3 is 5.32 Å². The summed E-state index contributed by atoms with van der Waals surface area (Å²) < 4.78 is 0. The van der Waals surface area contributed by atoms with Gasteiger partial charge in [-0.05, 0) is 29.6 Å². The number of thiophene rings is 1. The summed E-state index contributed by atoms with van der Waals surface area (Å²) in [4.78, 5) is 17.5. The molecule has 0 bridgehead atoms. The molecule has 0 radical (unpaired) electrons. The topological polar surface area (TPSA) is 65.8 Å². The molecule has 3 aromatic rings. The molecule has 0 fully saturated rings. The van der Waals surface area contributed by atoms with Crippen LogP contribution < -0.4 is 5.32 Å². The van der Waals surface area contributed by atoms with E-state index >= 15 is 0 Å². The van der Waals surface area contributed by atoms with E-state index in [-0.39, 0.29) is 5.91 Å². The third-order valence-electron chi connectivity index (χ3n) is 2.72. The summed E-state index contributed by atoms with van der Waals surface area (Å²) in [5, 5.41) is 16.1. The number of rotatable bonds is 3. The van der Waals surface area contributed by atoms with Crippen molar-refractivity contribution in [3.05, 3.63) is 58.4 Å². The molecule has 2 heterocycles.